The van der Waals surface area contributed by atoms with Gasteiger partial charge in [0.05, 0.1) is 0 Å². The summed E-state index contributed by atoms with van der Waals surface area (Å²) in [7, 11) is 0. The minimum absolute atomic E-state index is 0.883. The van der Waals surface area contributed by atoms with Crippen LogP contribution in [0.4, 0.5) is 0 Å². The number of benzene rings is 11. The predicted molar refractivity (Wildman–Crippen MR) is 253 cm³/mol. The normalized spacial score (nSPS) is 12.0. The van der Waals surface area contributed by atoms with E-state index in [2.05, 4.69) is 206 Å². The Morgan fingerprint density at radius 1 is 0.200 bits per heavy atom. The maximum absolute atomic E-state index is 6.40. The number of furan rings is 2. The van der Waals surface area contributed by atoms with Crippen LogP contribution in [0.2, 0.25) is 0 Å². The van der Waals surface area contributed by atoms with Crippen molar-refractivity contribution in [3.63, 3.8) is 0 Å². The highest BCUT2D eigenvalue weighted by atomic mass is 16.3. The van der Waals surface area contributed by atoms with E-state index in [4.69, 9.17) is 8.83 Å². The second-order valence-electron chi connectivity index (χ2n) is 16.0. The summed E-state index contributed by atoms with van der Waals surface area (Å²) >= 11 is 0. The maximum atomic E-state index is 6.40. The largest absolute Gasteiger partial charge is 0.456 e. The highest BCUT2D eigenvalue weighted by Crippen LogP contribution is 2.45. The summed E-state index contributed by atoms with van der Waals surface area (Å²) in [6.45, 7) is 0. The van der Waals surface area contributed by atoms with Crippen molar-refractivity contribution >= 4 is 87.0 Å². The molecule has 0 atom stereocenters. The van der Waals surface area contributed by atoms with Crippen molar-refractivity contribution in [2.75, 3.05) is 0 Å². The highest BCUT2D eigenvalue weighted by Gasteiger charge is 2.18. The third-order valence-electron chi connectivity index (χ3n) is 12.6. The number of hydrogen-bond acceptors (Lipinski definition) is 2. The van der Waals surface area contributed by atoms with Gasteiger partial charge in [-0.1, -0.05) is 152 Å². The van der Waals surface area contributed by atoms with E-state index >= 15 is 0 Å². The lowest BCUT2D eigenvalue weighted by molar-refractivity contribution is 0.668. The van der Waals surface area contributed by atoms with E-state index in [9.17, 15) is 0 Å². The van der Waals surface area contributed by atoms with Crippen LogP contribution in [0.25, 0.3) is 131 Å². The van der Waals surface area contributed by atoms with Gasteiger partial charge in [-0.05, 0) is 142 Å². The molecule has 13 aromatic rings. The molecule has 0 amide bonds. The van der Waals surface area contributed by atoms with E-state index in [1.807, 2.05) is 0 Å². The Bertz CT molecular complexity index is 3820. The smallest absolute Gasteiger partial charge is 0.136 e. The first kappa shape index (κ1) is 33.1. The molecule has 2 nitrogen and oxygen atoms in total. The van der Waals surface area contributed by atoms with Gasteiger partial charge < -0.3 is 8.83 Å². The summed E-state index contributed by atoms with van der Waals surface area (Å²) in [5.41, 5.74) is 13.2. The lowest BCUT2D eigenvalue weighted by Gasteiger charge is -2.18. The van der Waals surface area contributed by atoms with Crippen molar-refractivity contribution in [1.82, 2.24) is 0 Å². The van der Waals surface area contributed by atoms with Crippen LogP contribution < -0.4 is 0 Å². The zero-order chi connectivity index (χ0) is 39.3. The van der Waals surface area contributed by atoms with Crippen LogP contribution in [-0.4, -0.2) is 0 Å². The van der Waals surface area contributed by atoms with Crippen molar-refractivity contribution in [2.45, 2.75) is 0 Å². The second kappa shape index (κ2) is 12.8. The minimum atomic E-state index is 0.883. The van der Waals surface area contributed by atoms with E-state index in [0.29, 0.717) is 0 Å². The number of fused-ring (bicyclic) bond motifs is 10. The van der Waals surface area contributed by atoms with Gasteiger partial charge in [-0.3, -0.25) is 0 Å². The van der Waals surface area contributed by atoms with Gasteiger partial charge in [0, 0.05) is 21.5 Å². The summed E-state index contributed by atoms with van der Waals surface area (Å²) in [6, 6.07) is 74.7. The molecule has 278 valence electrons. The molecule has 0 spiro atoms. The molecule has 0 aliphatic carbocycles. The van der Waals surface area contributed by atoms with Crippen molar-refractivity contribution < 1.29 is 8.83 Å². The molecular weight excluding hydrogens is 729 g/mol. The first-order chi connectivity index (χ1) is 29.7. The minimum Gasteiger partial charge on any atom is -0.456 e. The molecule has 0 N–H and O–H groups in total. The molecule has 0 fully saturated rings. The topological polar surface area (TPSA) is 26.3 Å². The number of hydrogen-bond donors (Lipinski definition) is 0. The fraction of sp³-hybridized carbons (Fsp3) is 0. The van der Waals surface area contributed by atoms with Gasteiger partial charge in [0.2, 0.25) is 0 Å². The van der Waals surface area contributed by atoms with Crippen LogP contribution >= 0.6 is 0 Å². The SMILES string of the molecule is c1ccc2cc(-c3c4ccccc4c(-c4ccc(-c5ccc6oc7ccc(-c8ccc9oc%10cc%11ccccc%11cc%10c9c8)cc7c6c5)cc4)c4ccccc34)ccc2c1. The van der Waals surface area contributed by atoms with E-state index in [-0.39, 0.29) is 0 Å². The quantitative estimate of drug-likeness (QED) is 0.167. The molecule has 11 aromatic carbocycles. The zero-order valence-electron chi connectivity index (χ0n) is 32.4. The Hall–Kier alpha value is -7.94. The molecule has 0 bridgehead atoms. The van der Waals surface area contributed by atoms with Gasteiger partial charge in [0.15, 0.2) is 0 Å². The monoisotopic (exact) mass is 762 g/mol. The first-order valence-electron chi connectivity index (χ1n) is 20.6. The first-order valence-corrected chi connectivity index (χ1v) is 20.6. The standard InChI is InChI=1S/C58H34O2/c1-2-10-38-29-44(22-19-35(38)9-1)58-47-15-7-5-13-45(47)57(46-14-6-8-16-48(46)58)37-20-17-36(18-21-37)41-23-26-53-49(31-41)50-32-42(24-27-54(50)59-53)43-25-28-55-51(33-43)52-30-39-11-3-4-12-40(39)34-56(52)60-55/h1-34H. The summed E-state index contributed by atoms with van der Waals surface area (Å²) in [4.78, 5) is 0. The Labute approximate surface area is 345 Å². The zero-order valence-corrected chi connectivity index (χ0v) is 32.4. The summed E-state index contributed by atoms with van der Waals surface area (Å²) in [5.74, 6) is 0. The van der Waals surface area contributed by atoms with Gasteiger partial charge >= 0.3 is 0 Å². The molecular formula is C58H34O2. The predicted octanol–water partition coefficient (Wildman–Crippen LogP) is 16.8. The maximum Gasteiger partial charge on any atom is 0.136 e. The third kappa shape index (κ3) is 5.08. The molecule has 2 heterocycles. The van der Waals surface area contributed by atoms with Gasteiger partial charge in [0.25, 0.3) is 0 Å². The lowest BCUT2D eigenvalue weighted by Crippen LogP contribution is -1.91. The van der Waals surface area contributed by atoms with Crippen LogP contribution in [0.3, 0.4) is 0 Å². The molecule has 0 saturated carbocycles. The van der Waals surface area contributed by atoms with Gasteiger partial charge in [-0.25, -0.2) is 0 Å². The Morgan fingerprint density at radius 2 is 0.567 bits per heavy atom. The molecule has 60 heavy (non-hydrogen) atoms. The molecule has 2 heteroatoms. The fourth-order valence-electron chi connectivity index (χ4n) is 9.70. The molecule has 0 saturated heterocycles. The fourth-order valence-corrected chi connectivity index (χ4v) is 9.70. The third-order valence-corrected chi connectivity index (χ3v) is 12.6. The number of rotatable bonds is 4. The van der Waals surface area contributed by atoms with Crippen LogP contribution in [0, 0.1) is 0 Å². The van der Waals surface area contributed by atoms with Crippen LogP contribution in [0.1, 0.15) is 0 Å². The molecule has 2 aromatic heterocycles. The van der Waals surface area contributed by atoms with Crippen molar-refractivity contribution in [1.29, 1.82) is 0 Å². The summed E-state index contributed by atoms with van der Waals surface area (Å²) in [5, 5.41) is 14.4. The van der Waals surface area contributed by atoms with E-state index < -0.39 is 0 Å². The van der Waals surface area contributed by atoms with Gasteiger partial charge in [-0.15, -0.1) is 0 Å². The van der Waals surface area contributed by atoms with Crippen molar-refractivity contribution in [3.05, 3.63) is 206 Å². The van der Waals surface area contributed by atoms with Crippen LogP contribution in [-0.2, 0) is 0 Å². The molecule has 0 unspecified atom stereocenters. The van der Waals surface area contributed by atoms with Gasteiger partial charge in [-0.2, -0.15) is 0 Å². The van der Waals surface area contributed by atoms with E-state index in [1.54, 1.807) is 0 Å². The molecule has 0 aliphatic heterocycles. The Balaban J connectivity index is 0.895. The van der Waals surface area contributed by atoms with E-state index in [1.165, 1.54) is 65.3 Å². The van der Waals surface area contributed by atoms with E-state index in [0.717, 1.165) is 66.1 Å². The Kier molecular flexibility index (Phi) is 7.05. The molecule has 13 rings (SSSR count). The highest BCUT2D eigenvalue weighted by molar-refractivity contribution is 6.22. The second-order valence-corrected chi connectivity index (χ2v) is 16.0. The average molecular weight is 763 g/mol. The Morgan fingerprint density at radius 3 is 1.12 bits per heavy atom. The van der Waals surface area contributed by atoms with Crippen molar-refractivity contribution in [3.8, 4) is 44.5 Å². The average Bonchev–Trinajstić information content (AvgIpc) is 3.86. The summed E-state index contributed by atoms with van der Waals surface area (Å²) < 4.78 is 12.7. The summed E-state index contributed by atoms with van der Waals surface area (Å²) in [6.07, 6.45) is 0. The lowest BCUT2D eigenvalue weighted by atomic mass is 9.85. The van der Waals surface area contributed by atoms with Crippen molar-refractivity contribution in [2.24, 2.45) is 0 Å². The van der Waals surface area contributed by atoms with Crippen LogP contribution in [0.15, 0.2) is 215 Å². The molecule has 0 radical (unpaired) electrons. The van der Waals surface area contributed by atoms with Gasteiger partial charge in [0.1, 0.15) is 22.3 Å². The van der Waals surface area contributed by atoms with Crippen LogP contribution in [0.5, 0.6) is 0 Å². The molecule has 0 aliphatic rings.